The largest absolute Gasteiger partial charge is 0.312 e. The minimum absolute atomic E-state index is 0.218. The molecular weight excluding hydrogens is 172 g/mol. The number of nitrogens with one attached hydrogen (secondary N) is 1. The number of nitrogens with zero attached hydrogens (tertiary/aromatic N) is 1. The maximum absolute atomic E-state index is 8.88. The molecule has 1 rings (SSSR count). The summed E-state index contributed by atoms with van der Waals surface area (Å²) < 4.78 is 0. The van der Waals surface area contributed by atoms with Gasteiger partial charge in [-0.25, -0.2) is 0 Å². The van der Waals surface area contributed by atoms with Gasteiger partial charge in [-0.2, -0.15) is 5.26 Å². The second-order valence-electron chi connectivity index (χ2n) is 5.16. The van der Waals surface area contributed by atoms with Gasteiger partial charge in [0.15, 0.2) is 0 Å². The molecule has 0 radical (unpaired) electrons. The van der Waals surface area contributed by atoms with Crippen LogP contribution in [-0.2, 0) is 0 Å². The van der Waals surface area contributed by atoms with Crippen LogP contribution in [0, 0.1) is 22.7 Å². The Kier molecular flexibility index (Phi) is 3.95. The number of nitriles is 1. The summed E-state index contributed by atoms with van der Waals surface area (Å²) in [6.07, 6.45) is 5.26. The van der Waals surface area contributed by atoms with E-state index in [1.807, 2.05) is 13.8 Å². The van der Waals surface area contributed by atoms with Crippen LogP contribution in [0.4, 0.5) is 0 Å². The van der Waals surface area contributed by atoms with E-state index in [0.717, 1.165) is 12.5 Å². The topological polar surface area (TPSA) is 35.8 Å². The maximum Gasteiger partial charge on any atom is 0.0697 e. The van der Waals surface area contributed by atoms with E-state index in [0.29, 0.717) is 6.04 Å². The van der Waals surface area contributed by atoms with Crippen LogP contribution in [0.25, 0.3) is 0 Å². The van der Waals surface area contributed by atoms with Crippen LogP contribution >= 0.6 is 0 Å². The SMILES string of the molecule is CCC1CCC(NCC(C)(C)C#N)C1. The standard InChI is InChI=1S/C12H22N2/c1-4-10-5-6-11(7-10)14-9-12(2,3)8-13/h10-11,14H,4-7,9H2,1-3H3. The van der Waals surface area contributed by atoms with Crippen LogP contribution < -0.4 is 5.32 Å². The molecule has 0 aromatic carbocycles. The molecule has 80 valence electrons. The summed E-state index contributed by atoms with van der Waals surface area (Å²) in [6, 6.07) is 2.99. The molecule has 1 aliphatic rings. The first-order chi connectivity index (χ1) is 6.57. The highest BCUT2D eigenvalue weighted by molar-refractivity contribution is 4.94. The third kappa shape index (κ3) is 3.31. The van der Waals surface area contributed by atoms with Gasteiger partial charge in [-0.3, -0.25) is 0 Å². The zero-order valence-corrected chi connectivity index (χ0v) is 9.64. The molecule has 1 saturated carbocycles. The Hall–Kier alpha value is -0.550. The van der Waals surface area contributed by atoms with Crippen LogP contribution in [0.2, 0.25) is 0 Å². The van der Waals surface area contributed by atoms with Crippen molar-refractivity contribution in [1.29, 1.82) is 5.26 Å². The Labute approximate surface area is 87.7 Å². The first-order valence-electron chi connectivity index (χ1n) is 5.72. The average Bonchev–Trinajstić information content (AvgIpc) is 2.63. The van der Waals surface area contributed by atoms with E-state index in [4.69, 9.17) is 5.26 Å². The molecule has 14 heavy (non-hydrogen) atoms. The molecule has 1 aliphatic carbocycles. The van der Waals surface area contributed by atoms with Crippen LogP contribution in [0.15, 0.2) is 0 Å². The third-order valence-corrected chi connectivity index (χ3v) is 3.25. The lowest BCUT2D eigenvalue weighted by Gasteiger charge is -2.20. The summed E-state index contributed by atoms with van der Waals surface area (Å²) in [6.45, 7) is 7.08. The highest BCUT2D eigenvalue weighted by Gasteiger charge is 2.25. The van der Waals surface area contributed by atoms with E-state index in [1.165, 1.54) is 25.7 Å². The van der Waals surface area contributed by atoms with Crippen molar-refractivity contribution in [3.05, 3.63) is 0 Å². The first kappa shape index (κ1) is 11.5. The number of hydrogen-bond acceptors (Lipinski definition) is 2. The van der Waals surface area contributed by atoms with Gasteiger partial charge in [0.25, 0.3) is 0 Å². The Morgan fingerprint density at radius 3 is 2.64 bits per heavy atom. The zero-order valence-electron chi connectivity index (χ0n) is 9.64. The van der Waals surface area contributed by atoms with E-state index in [1.54, 1.807) is 0 Å². The monoisotopic (exact) mass is 194 g/mol. The molecule has 2 atom stereocenters. The van der Waals surface area contributed by atoms with Gasteiger partial charge in [0.05, 0.1) is 11.5 Å². The van der Waals surface area contributed by atoms with Crippen LogP contribution in [-0.4, -0.2) is 12.6 Å². The molecule has 0 aromatic heterocycles. The first-order valence-corrected chi connectivity index (χ1v) is 5.72. The van der Waals surface area contributed by atoms with Crippen molar-refractivity contribution in [3.8, 4) is 6.07 Å². The molecule has 1 fully saturated rings. The van der Waals surface area contributed by atoms with Crippen molar-refractivity contribution in [2.75, 3.05) is 6.54 Å². The van der Waals surface area contributed by atoms with Gasteiger partial charge in [0.1, 0.15) is 0 Å². The molecule has 0 aliphatic heterocycles. The number of hydrogen-bond donors (Lipinski definition) is 1. The molecule has 2 unspecified atom stereocenters. The van der Waals surface area contributed by atoms with Crippen LogP contribution in [0.3, 0.4) is 0 Å². The van der Waals surface area contributed by atoms with Gasteiger partial charge >= 0.3 is 0 Å². The highest BCUT2D eigenvalue weighted by atomic mass is 14.9. The van der Waals surface area contributed by atoms with E-state index in [2.05, 4.69) is 18.3 Å². The van der Waals surface area contributed by atoms with Gasteiger partial charge in [-0.1, -0.05) is 13.3 Å². The Bertz CT molecular complexity index is 215. The van der Waals surface area contributed by atoms with E-state index in [-0.39, 0.29) is 5.41 Å². The predicted molar refractivity (Wildman–Crippen MR) is 58.8 cm³/mol. The third-order valence-electron chi connectivity index (χ3n) is 3.25. The Morgan fingerprint density at radius 1 is 1.43 bits per heavy atom. The average molecular weight is 194 g/mol. The van der Waals surface area contributed by atoms with Gasteiger partial charge in [0, 0.05) is 12.6 Å². The normalized spacial score (nSPS) is 27.6. The van der Waals surface area contributed by atoms with Crippen molar-refractivity contribution < 1.29 is 0 Å². The quantitative estimate of drug-likeness (QED) is 0.747. The molecule has 0 saturated heterocycles. The van der Waals surface area contributed by atoms with Crippen molar-refractivity contribution in [3.63, 3.8) is 0 Å². The number of rotatable bonds is 4. The lowest BCUT2D eigenvalue weighted by atomic mass is 9.95. The molecule has 1 N–H and O–H groups in total. The summed E-state index contributed by atoms with van der Waals surface area (Å²) in [5, 5.41) is 12.4. The second kappa shape index (κ2) is 4.79. The zero-order chi connectivity index (χ0) is 10.6. The lowest BCUT2D eigenvalue weighted by molar-refractivity contribution is 0.393. The minimum Gasteiger partial charge on any atom is -0.312 e. The second-order valence-corrected chi connectivity index (χ2v) is 5.16. The summed E-state index contributed by atoms with van der Waals surface area (Å²) in [5.74, 6) is 0.915. The Balaban J connectivity index is 2.24. The Morgan fingerprint density at radius 2 is 2.14 bits per heavy atom. The van der Waals surface area contributed by atoms with E-state index < -0.39 is 0 Å². The molecule has 0 amide bonds. The van der Waals surface area contributed by atoms with Crippen LogP contribution in [0.1, 0.15) is 46.5 Å². The minimum atomic E-state index is -0.218. The highest BCUT2D eigenvalue weighted by Crippen LogP contribution is 2.28. The van der Waals surface area contributed by atoms with Gasteiger partial charge < -0.3 is 5.32 Å². The summed E-state index contributed by atoms with van der Waals surface area (Å²) in [4.78, 5) is 0. The summed E-state index contributed by atoms with van der Waals surface area (Å²) >= 11 is 0. The fraction of sp³-hybridized carbons (Fsp3) is 0.917. The van der Waals surface area contributed by atoms with Gasteiger partial charge in [-0.15, -0.1) is 0 Å². The van der Waals surface area contributed by atoms with Gasteiger partial charge in [0.2, 0.25) is 0 Å². The van der Waals surface area contributed by atoms with Crippen LogP contribution in [0.5, 0.6) is 0 Å². The fourth-order valence-corrected chi connectivity index (χ4v) is 2.07. The van der Waals surface area contributed by atoms with Crippen molar-refractivity contribution in [2.45, 2.75) is 52.5 Å². The summed E-state index contributed by atoms with van der Waals surface area (Å²) in [5.41, 5.74) is -0.218. The smallest absolute Gasteiger partial charge is 0.0697 e. The van der Waals surface area contributed by atoms with Gasteiger partial charge in [-0.05, 0) is 39.0 Å². The predicted octanol–water partition coefficient (Wildman–Crippen LogP) is 2.70. The maximum atomic E-state index is 8.88. The molecule has 2 nitrogen and oxygen atoms in total. The van der Waals surface area contributed by atoms with E-state index in [9.17, 15) is 0 Å². The van der Waals surface area contributed by atoms with Crippen molar-refractivity contribution in [1.82, 2.24) is 5.32 Å². The van der Waals surface area contributed by atoms with E-state index >= 15 is 0 Å². The molecule has 0 aromatic rings. The molecule has 0 spiro atoms. The molecule has 2 heteroatoms. The fourth-order valence-electron chi connectivity index (χ4n) is 2.07. The molecule has 0 heterocycles. The molecule has 0 bridgehead atoms. The summed E-state index contributed by atoms with van der Waals surface area (Å²) in [7, 11) is 0. The molecular formula is C12H22N2. The van der Waals surface area contributed by atoms with Crippen molar-refractivity contribution in [2.24, 2.45) is 11.3 Å². The lowest BCUT2D eigenvalue weighted by Crippen LogP contribution is -2.35. The van der Waals surface area contributed by atoms with Crippen molar-refractivity contribution >= 4 is 0 Å².